The zero-order valence-electron chi connectivity index (χ0n) is 9.47. The SMILES string of the molecule is CCC[C@@H](N)c1c(O)cc(C)c(Br)c1C. The maximum atomic E-state index is 9.89. The van der Waals surface area contributed by atoms with Crippen molar-refractivity contribution in [2.45, 2.75) is 39.7 Å². The first kappa shape index (κ1) is 12.5. The first-order chi connectivity index (χ1) is 6.99. The molecule has 84 valence electrons. The van der Waals surface area contributed by atoms with Crippen molar-refractivity contribution in [3.05, 3.63) is 27.2 Å². The van der Waals surface area contributed by atoms with Crippen LogP contribution in [0.5, 0.6) is 5.75 Å². The smallest absolute Gasteiger partial charge is 0.120 e. The Balaban J connectivity index is 3.23. The quantitative estimate of drug-likeness (QED) is 0.883. The molecule has 1 atom stereocenters. The van der Waals surface area contributed by atoms with Crippen LogP contribution in [-0.2, 0) is 0 Å². The zero-order chi connectivity index (χ0) is 11.6. The predicted octanol–water partition coefficient (Wildman–Crippen LogP) is 3.57. The van der Waals surface area contributed by atoms with Crippen LogP contribution in [0, 0.1) is 13.8 Å². The second-order valence-electron chi connectivity index (χ2n) is 3.96. The van der Waals surface area contributed by atoms with Crippen LogP contribution in [0.2, 0.25) is 0 Å². The Morgan fingerprint density at radius 1 is 1.47 bits per heavy atom. The Hall–Kier alpha value is -0.540. The second-order valence-corrected chi connectivity index (χ2v) is 4.75. The van der Waals surface area contributed by atoms with Crippen LogP contribution >= 0.6 is 15.9 Å². The van der Waals surface area contributed by atoms with Crippen molar-refractivity contribution in [3.8, 4) is 5.75 Å². The molecule has 3 N–H and O–H groups in total. The van der Waals surface area contributed by atoms with E-state index in [9.17, 15) is 5.11 Å². The van der Waals surface area contributed by atoms with Crippen molar-refractivity contribution in [1.29, 1.82) is 0 Å². The molecular weight excluding hydrogens is 254 g/mol. The summed E-state index contributed by atoms with van der Waals surface area (Å²) in [6, 6.07) is 1.69. The third-order valence-corrected chi connectivity index (χ3v) is 3.90. The minimum absolute atomic E-state index is 0.0769. The molecule has 15 heavy (non-hydrogen) atoms. The van der Waals surface area contributed by atoms with E-state index < -0.39 is 0 Å². The molecule has 0 aliphatic heterocycles. The summed E-state index contributed by atoms with van der Waals surface area (Å²) in [6.07, 6.45) is 1.91. The number of phenolic OH excluding ortho intramolecular Hbond substituents is 1. The Labute approximate surface area is 99.6 Å². The van der Waals surface area contributed by atoms with Crippen LogP contribution in [0.4, 0.5) is 0 Å². The molecule has 0 aliphatic carbocycles. The molecular formula is C12H18BrNO. The van der Waals surface area contributed by atoms with E-state index in [0.29, 0.717) is 5.75 Å². The average molecular weight is 272 g/mol. The number of rotatable bonds is 3. The number of phenols is 1. The fourth-order valence-electron chi connectivity index (χ4n) is 1.88. The van der Waals surface area contributed by atoms with E-state index in [2.05, 4.69) is 22.9 Å². The Kier molecular flexibility index (Phi) is 4.17. The number of nitrogens with two attached hydrogens (primary N) is 1. The summed E-state index contributed by atoms with van der Waals surface area (Å²) in [6.45, 7) is 6.04. The molecule has 0 spiro atoms. The molecule has 0 bridgehead atoms. The van der Waals surface area contributed by atoms with Gasteiger partial charge in [-0.3, -0.25) is 0 Å². The summed E-state index contributed by atoms with van der Waals surface area (Å²) >= 11 is 3.52. The van der Waals surface area contributed by atoms with Crippen LogP contribution in [-0.4, -0.2) is 5.11 Å². The number of hydrogen-bond donors (Lipinski definition) is 2. The Morgan fingerprint density at radius 3 is 2.60 bits per heavy atom. The van der Waals surface area contributed by atoms with Crippen LogP contribution < -0.4 is 5.73 Å². The second kappa shape index (κ2) is 4.99. The molecule has 0 radical (unpaired) electrons. The van der Waals surface area contributed by atoms with Crippen molar-refractivity contribution in [1.82, 2.24) is 0 Å². The van der Waals surface area contributed by atoms with Crippen molar-refractivity contribution in [2.24, 2.45) is 5.73 Å². The molecule has 0 unspecified atom stereocenters. The number of halogens is 1. The van der Waals surface area contributed by atoms with Gasteiger partial charge in [0.2, 0.25) is 0 Å². The summed E-state index contributed by atoms with van der Waals surface area (Å²) in [4.78, 5) is 0. The van der Waals surface area contributed by atoms with Gasteiger partial charge in [-0.2, -0.15) is 0 Å². The fourth-order valence-corrected chi connectivity index (χ4v) is 2.20. The van der Waals surface area contributed by atoms with Crippen LogP contribution in [0.3, 0.4) is 0 Å². The van der Waals surface area contributed by atoms with Gasteiger partial charge in [0.05, 0.1) is 0 Å². The monoisotopic (exact) mass is 271 g/mol. The summed E-state index contributed by atoms with van der Waals surface area (Å²) in [7, 11) is 0. The van der Waals surface area contributed by atoms with E-state index in [1.54, 1.807) is 6.07 Å². The van der Waals surface area contributed by atoms with Gasteiger partial charge >= 0.3 is 0 Å². The lowest BCUT2D eigenvalue weighted by Gasteiger charge is -2.18. The summed E-state index contributed by atoms with van der Waals surface area (Å²) in [5, 5.41) is 9.89. The minimum Gasteiger partial charge on any atom is -0.508 e. The third-order valence-electron chi connectivity index (χ3n) is 2.68. The Bertz CT molecular complexity index is 363. The fraction of sp³-hybridized carbons (Fsp3) is 0.500. The van der Waals surface area contributed by atoms with Gasteiger partial charge in [0.1, 0.15) is 5.75 Å². The molecule has 3 heteroatoms. The number of benzene rings is 1. The highest BCUT2D eigenvalue weighted by Gasteiger charge is 2.16. The van der Waals surface area contributed by atoms with Crippen molar-refractivity contribution in [2.75, 3.05) is 0 Å². The van der Waals surface area contributed by atoms with Gasteiger partial charge in [-0.05, 0) is 37.5 Å². The number of aromatic hydroxyl groups is 1. The number of hydrogen-bond acceptors (Lipinski definition) is 2. The first-order valence-corrected chi connectivity index (χ1v) is 6.02. The maximum absolute atomic E-state index is 9.89. The molecule has 0 heterocycles. The van der Waals surface area contributed by atoms with Gasteiger partial charge in [0, 0.05) is 16.1 Å². The molecule has 1 rings (SSSR count). The molecule has 0 saturated carbocycles. The summed E-state index contributed by atoms with van der Waals surface area (Å²) in [5.41, 5.74) is 9.00. The van der Waals surface area contributed by atoms with Crippen LogP contribution in [0.25, 0.3) is 0 Å². The van der Waals surface area contributed by atoms with E-state index in [-0.39, 0.29) is 6.04 Å². The molecule has 0 amide bonds. The van der Waals surface area contributed by atoms with Gasteiger partial charge < -0.3 is 10.8 Å². The molecule has 1 aromatic rings. The van der Waals surface area contributed by atoms with Gasteiger partial charge in [0.25, 0.3) is 0 Å². The van der Waals surface area contributed by atoms with E-state index >= 15 is 0 Å². The van der Waals surface area contributed by atoms with Gasteiger partial charge in [-0.25, -0.2) is 0 Å². The molecule has 2 nitrogen and oxygen atoms in total. The molecule has 0 aromatic heterocycles. The molecule has 0 fully saturated rings. The predicted molar refractivity (Wildman–Crippen MR) is 67.1 cm³/mol. The van der Waals surface area contributed by atoms with Crippen molar-refractivity contribution >= 4 is 15.9 Å². The molecule has 1 aromatic carbocycles. The van der Waals surface area contributed by atoms with E-state index in [1.165, 1.54) is 0 Å². The van der Waals surface area contributed by atoms with E-state index in [4.69, 9.17) is 5.73 Å². The highest BCUT2D eigenvalue weighted by molar-refractivity contribution is 9.10. The van der Waals surface area contributed by atoms with E-state index in [1.807, 2.05) is 13.8 Å². The topological polar surface area (TPSA) is 46.2 Å². The number of aryl methyl sites for hydroxylation is 1. The highest BCUT2D eigenvalue weighted by Crippen LogP contribution is 2.35. The Morgan fingerprint density at radius 2 is 2.07 bits per heavy atom. The van der Waals surface area contributed by atoms with E-state index in [0.717, 1.165) is 34.0 Å². The first-order valence-electron chi connectivity index (χ1n) is 5.23. The highest BCUT2D eigenvalue weighted by atomic mass is 79.9. The molecule has 0 saturated heterocycles. The lowest BCUT2D eigenvalue weighted by Crippen LogP contribution is -2.12. The summed E-state index contributed by atoms with van der Waals surface area (Å²) in [5.74, 6) is 0.314. The van der Waals surface area contributed by atoms with Crippen molar-refractivity contribution in [3.63, 3.8) is 0 Å². The average Bonchev–Trinajstić information content (AvgIpc) is 2.15. The molecule has 0 aliphatic rings. The largest absolute Gasteiger partial charge is 0.508 e. The lowest BCUT2D eigenvalue weighted by atomic mass is 9.96. The minimum atomic E-state index is -0.0769. The third kappa shape index (κ3) is 2.52. The van der Waals surface area contributed by atoms with Crippen LogP contribution in [0.1, 0.15) is 42.5 Å². The zero-order valence-corrected chi connectivity index (χ0v) is 11.1. The van der Waals surface area contributed by atoms with Gasteiger partial charge in [-0.15, -0.1) is 0 Å². The summed E-state index contributed by atoms with van der Waals surface area (Å²) < 4.78 is 1.04. The van der Waals surface area contributed by atoms with Crippen LogP contribution in [0.15, 0.2) is 10.5 Å². The van der Waals surface area contributed by atoms with Gasteiger partial charge in [-0.1, -0.05) is 29.3 Å². The normalized spacial score (nSPS) is 12.9. The maximum Gasteiger partial charge on any atom is 0.120 e. The lowest BCUT2D eigenvalue weighted by molar-refractivity contribution is 0.456. The van der Waals surface area contributed by atoms with Gasteiger partial charge in [0.15, 0.2) is 0 Å². The standard InChI is InChI=1S/C12H18BrNO/c1-4-5-9(14)11-8(3)12(13)7(2)6-10(11)15/h6,9,15H,4-5,14H2,1-3H3/t9-/m1/s1. The van der Waals surface area contributed by atoms with Crippen molar-refractivity contribution < 1.29 is 5.11 Å².